The van der Waals surface area contributed by atoms with Gasteiger partial charge in [0.25, 0.3) is 0 Å². The average Bonchev–Trinajstić information content (AvgIpc) is 2.83. The molecule has 3 heterocycles. The molecule has 1 atom stereocenters. The minimum absolute atomic E-state index is 0.304. The normalized spacial score (nSPS) is 19.7. The summed E-state index contributed by atoms with van der Waals surface area (Å²) in [6.45, 7) is 5.89. The number of aromatic nitrogens is 3. The van der Waals surface area contributed by atoms with Crippen molar-refractivity contribution in [3.05, 3.63) is 16.9 Å². The lowest BCUT2D eigenvalue weighted by molar-refractivity contribution is 0.0876. The van der Waals surface area contributed by atoms with E-state index in [1.165, 1.54) is 0 Å². The van der Waals surface area contributed by atoms with Gasteiger partial charge in [0.1, 0.15) is 15.6 Å². The van der Waals surface area contributed by atoms with Crippen LogP contribution in [0.15, 0.2) is 16.9 Å². The van der Waals surface area contributed by atoms with Crippen molar-refractivity contribution in [2.45, 2.75) is 38.8 Å². The Morgan fingerprint density at radius 1 is 1.50 bits per heavy atom. The molecule has 108 valence electrons. The molecule has 0 spiro atoms. The molecule has 6 heteroatoms. The van der Waals surface area contributed by atoms with Gasteiger partial charge in [0, 0.05) is 18.7 Å². The average molecular weight is 339 g/mol. The quantitative estimate of drug-likeness (QED) is 0.871. The highest BCUT2D eigenvalue weighted by Crippen LogP contribution is 2.29. The smallest absolute Gasteiger partial charge is 0.112 e. The number of pyridine rings is 1. The van der Waals surface area contributed by atoms with Crippen LogP contribution in [0, 0.1) is 0 Å². The maximum absolute atomic E-state index is 5.54. The Labute approximate surface area is 126 Å². The molecule has 1 saturated heterocycles. The largest absolute Gasteiger partial charge is 0.379 e. The van der Waals surface area contributed by atoms with Gasteiger partial charge in [-0.15, -0.1) is 0 Å². The van der Waals surface area contributed by atoms with Crippen molar-refractivity contribution in [2.24, 2.45) is 0 Å². The first kappa shape index (κ1) is 13.8. The molecular weight excluding hydrogens is 320 g/mol. The number of hydrogen-bond donors (Lipinski definition) is 1. The van der Waals surface area contributed by atoms with Crippen molar-refractivity contribution in [3.63, 3.8) is 0 Å². The molecule has 0 amide bonds. The number of nitrogens with zero attached hydrogens (tertiary/aromatic N) is 3. The Morgan fingerprint density at radius 3 is 3.05 bits per heavy atom. The highest BCUT2D eigenvalue weighted by Gasteiger charge is 2.18. The maximum Gasteiger partial charge on any atom is 0.112 e. The van der Waals surface area contributed by atoms with Gasteiger partial charge in [-0.2, -0.15) is 5.10 Å². The summed E-state index contributed by atoms with van der Waals surface area (Å²) < 4.78 is 8.38. The van der Waals surface area contributed by atoms with E-state index in [0.29, 0.717) is 12.1 Å². The fourth-order valence-electron chi connectivity index (χ4n) is 2.61. The van der Waals surface area contributed by atoms with Gasteiger partial charge in [-0.3, -0.25) is 4.68 Å². The molecule has 1 fully saturated rings. The van der Waals surface area contributed by atoms with Gasteiger partial charge in [0.05, 0.1) is 18.5 Å². The number of nitrogens with one attached hydrogen (secondary N) is 1. The summed E-state index contributed by atoms with van der Waals surface area (Å²) >= 11 is 3.47. The van der Waals surface area contributed by atoms with Gasteiger partial charge in [-0.25, -0.2) is 4.98 Å². The molecule has 1 N–H and O–H groups in total. The first-order chi connectivity index (χ1) is 9.65. The number of hydrogen-bond acceptors (Lipinski definition) is 4. The van der Waals surface area contributed by atoms with Gasteiger partial charge in [-0.1, -0.05) is 0 Å². The third-order valence-electron chi connectivity index (χ3n) is 3.53. The first-order valence-electron chi connectivity index (χ1n) is 7.03. The molecule has 1 aliphatic rings. The van der Waals surface area contributed by atoms with E-state index in [0.717, 1.165) is 47.4 Å². The standard InChI is InChI=1S/C14H19BrN4O/c1-9(2)19-14-11(17-10-4-3-5-20-8-10)6-13(15)18-12(14)7-16-19/h6-7,9-10H,3-5,8H2,1-2H3,(H,17,18)/t10-/m1/s1. The van der Waals surface area contributed by atoms with Crippen molar-refractivity contribution >= 4 is 32.7 Å². The lowest BCUT2D eigenvalue weighted by atomic mass is 10.1. The Balaban J connectivity index is 2.00. The van der Waals surface area contributed by atoms with Gasteiger partial charge < -0.3 is 10.1 Å². The Hall–Kier alpha value is -1.14. The van der Waals surface area contributed by atoms with E-state index >= 15 is 0 Å². The summed E-state index contributed by atoms with van der Waals surface area (Å²) in [5.74, 6) is 0. The predicted molar refractivity (Wildman–Crippen MR) is 83.1 cm³/mol. The summed E-state index contributed by atoms with van der Waals surface area (Å²) in [5.41, 5.74) is 3.05. The second-order valence-corrected chi connectivity index (χ2v) is 6.28. The summed E-state index contributed by atoms with van der Waals surface area (Å²) in [6.07, 6.45) is 4.07. The molecule has 5 nitrogen and oxygen atoms in total. The van der Waals surface area contributed by atoms with Crippen molar-refractivity contribution in [3.8, 4) is 0 Å². The van der Waals surface area contributed by atoms with Gasteiger partial charge in [0.15, 0.2) is 0 Å². The lowest BCUT2D eigenvalue weighted by Gasteiger charge is -2.25. The SMILES string of the molecule is CC(C)n1ncc2nc(Br)cc(N[C@@H]3CCCOC3)c21. The Morgan fingerprint density at radius 2 is 2.35 bits per heavy atom. The number of anilines is 1. The maximum atomic E-state index is 5.54. The van der Waals surface area contributed by atoms with Crippen LogP contribution in [0.1, 0.15) is 32.7 Å². The van der Waals surface area contributed by atoms with Gasteiger partial charge >= 0.3 is 0 Å². The zero-order valence-electron chi connectivity index (χ0n) is 11.8. The van der Waals surface area contributed by atoms with E-state index in [4.69, 9.17) is 4.74 Å². The number of rotatable bonds is 3. The van der Waals surface area contributed by atoms with Crippen LogP contribution in [0.3, 0.4) is 0 Å². The molecule has 0 aromatic carbocycles. The van der Waals surface area contributed by atoms with E-state index in [-0.39, 0.29) is 0 Å². The number of ether oxygens (including phenoxy) is 1. The third-order valence-corrected chi connectivity index (χ3v) is 3.94. The molecule has 3 rings (SSSR count). The second kappa shape index (κ2) is 5.69. The molecule has 0 aliphatic carbocycles. The van der Waals surface area contributed by atoms with E-state index < -0.39 is 0 Å². The minimum atomic E-state index is 0.304. The highest BCUT2D eigenvalue weighted by atomic mass is 79.9. The van der Waals surface area contributed by atoms with Crippen LogP contribution in [0.5, 0.6) is 0 Å². The molecular formula is C14H19BrN4O. The topological polar surface area (TPSA) is 52.0 Å². The fraction of sp³-hybridized carbons (Fsp3) is 0.571. The van der Waals surface area contributed by atoms with Crippen LogP contribution in [0.4, 0.5) is 5.69 Å². The van der Waals surface area contributed by atoms with Crippen LogP contribution < -0.4 is 5.32 Å². The molecule has 2 aromatic rings. The molecule has 0 unspecified atom stereocenters. The first-order valence-corrected chi connectivity index (χ1v) is 7.82. The van der Waals surface area contributed by atoms with Crippen LogP contribution >= 0.6 is 15.9 Å². The van der Waals surface area contributed by atoms with Crippen molar-refractivity contribution in [1.29, 1.82) is 0 Å². The van der Waals surface area contributed by atoms with E-state index in [2.05, 4.69) is 45.2 Å². The third kappa shape index (κ3) is 2.67. The van der Waals surface area contributed by atoms with E-state index in [1.807, 2.05) is 16.9 Å². The van der Waals surface area contributed by atoms with Crippen LogP contribution in [0.2, 0.25) is 0 Å². The zero-order chi connectivity index (χ0) is 14.1. The Bertz CT molecular complexity index is 604. The molecule has 2 aromatic heterocycles. The van der Waals surface area contributed by atoms with Crippen molar-refractivity contribution < 1.29 is 4.74 Å². The summed E-state index contributed by atoms with van der Waals surface area (Å²) in [7, 11) is 0. The van der Waals surface area contributed by atoms with Crippen molar-refractivity contribution in [2.75, 3.05) is 18.5 Å². The molecule has 0 bridgehead atoms. The van der Waals surface area contributed by atoms with Gasteiger partial charge in [-0.05, 0) is 48.7 Å². The highest BCUT2D eigenvalue weighted by molar-refractivity contribution is 9.10. The monoisotopic (exact) mass is 338 g/mol. The summed E-state index contributed by atoms with van der Waals surface area (Å²) in [4.78, 5) is 4.49. The minimum Gasteiger partial charge on any atom is -0.379 e. The predicted octanol–water partition coefficient (Wildman–Crippen LogP) is 3.37. The van der Waals surface area contributed by atoms with Crippen molar-refractivity contribution in [1.82, 2.24) is 14.8 Å². The summed E-state index contributed by atoms with van der Waals surface area (Å²) in [6, 6.07) is 2.69. The molecule has 0 radical (unpaired) electrons. The van der Waals surface area contributed by atoms with Crippen LogP contribution in [-0.2, 0) is 4.74 Å². The van der Waals surface area contributed by atoms with E-state index in [9.17, 15) is 0 Å². The van der Waals surface area contributed by atoms with Crippen LogP contribution in [0.25, 0.3) is 11.0 Å². The van der Waals surface area contributed by atoms with Crippen LogP contribution in [-0.4, -0.2) is 34.0 Å². The zero-order valence-corrected chi connectivity index (χ0v) is 13.4. The molecule has 1 aliphatic heterocycles. The number of fused-ring (bicyclic) bond motifs is 1. The second-order valence-electron chi connectivity index (χ2n) is 5.47. The van der Waals surface area contributed by atoms with Gasteiger partial charge in [0.2, 0.25) is 0 Å². The molecule has 0 saturated carbocycles. The fourth-order valence-corrected chi connectivity index (χ4v) is 3.03. The lowest BCUT2D eigenvalue weighted by Crippen LogP contribution is -2.30. The summed E-state index contributed by atoms with van der Waals surface area (Å²) in [5, 5.41) is 8.04. The van der Waals surface area contributed by atoms with E-state index in [1.54, 1.807) is 0 Å². The molecule has 20 heavy (non-hydrogen) atoms. The number of halogens is 1. The Kier molecular flexibility index (Phi) is 3.94.